The number of rotatable bonds is 0. The molecule has 0 atom stereocenters. The molecule has 1 heterocycles. The van der Waals surface area contributed by atoms with Crippen LogP contribution in [0.15, 0.2) is 12.3 Å². The molecule has 0 bridgehead atoms. The van der Waals surface area contributed by atoms with Gasteiger partial charge in [-0.25, -0.2) is 0 Å². The molecule has 11 heavy (non-hydrogen) atoms. The van der Waals surface area contributed by atoms with Crippen LogP contribution in [0.25, 0.3) is 0 Å². The monoisotopic (exact) mass is 151 g/mol. The van der Waals surface area contributed by atoms with Gasteiger partial charge in [-0.05, 0) is 30.9 Å². The minimum absolute atomic E-state index is 0.660. The van der Waals surface area contributed by atoms with Crippen molar-refractivity contribution in [2.24, 2.45) is 5.41 Å². The number of allylic oxidation sites excluding steroid dienone is 1. The summed E-state index contributed by atoms with van der Waals surface area (Å²) in [6.07, 6.45) is 13.0. The fraction of sp³-hybridized carbons (Fsp3) is 0.800. The van der Waals surface area contributed by atoms with Crippen LogP contribution in [-0.2, 0) is 0 Å². The highest BCUT2D eigenvalue weighted by molar-refractivity contribution is 4.98. The van der Waals surface area contributed by atoms with E-state index in [4.69, 9.17) is 0 Å². The lowest BCUT2D eigenvalue weighted by Gasteiger charge is -2.38. The predicted octanol–water partition coefficient (Wildman–Crippen LogP) is 2.44. The van der Waals surface area contributed by atoms with Crippen molar-refractivity contribution in [1.82, 2.24) is 5.32 Å². The summed E-state index contributed by atoms with van der Waals surface area (Å²) in [5.41, 5.74) is 0.660. The van der Waals surface area contributed by atoms with Gasteiger partial charge in [0.05, 0.1) is 0 Å². The first-order valence-corrected chi connectivity index (χ1v) is 4.80. The maximum absolute atomic E-state index is 3.36. The highest BCUT2D eigenvalue weighted by Gasteiger charge is 2.31. The molecule has 0 aromatic carbocycles. The second-order valence-corrected chi connectivity index (χ2v) is 4.05. The van der Waals surface area contributed by atoms with E-state index < -0.39 is 0 Å². The Morgan fingerprint density at radius 2 is 1.91 bits per heavy atom. The summed E-state index contributed by atoms with van der Waals surface area (Å²) in [6, 6.07) is 0. The number of hydrogen-bond acceptors (Lipinski definition) is 1. The summed E-state index contributed by atoms with van der Waals surface area (Å²) in [6.45, 7) is 1.23. The molecule has 0 radical (unpaired) electrons. The molecule has 62 valence electrons. The molecule has 2 rings (SSSR count). The van der Waals surface area contributed by atoms with Crippen molar-refractivity contribution in [3.05, 3.63) is 12.3 Å². The zero-order valence-corrected chi connectivity index (χ0v) is 7.10. The molecule has 1 heteroatoms. The fourth-order valence-electron chi connectivity index (χ4n) is 2.42. The molecular weight excluding hydrogens is 134 g/mol. The third kappa shape index (κ3) is 1.42. The van der Waals surface area contributed by atoms with Crippen LogP contribution in [0.4, 0.5) is 0 Å². The zero-order chi connectivity index (χ0) is 7.57. The summed E-state index contributed by atoms with van der Waals surface area (Å²) in [5, 5.41) is 3.36. The third-order valence-electron chi connectivity index (χ3n) is 3.18. The lowest BCUT2D eigenvalue weighted by molar-refractivity contribution is 0.184. The average molecular weight is 151 g/mol. The van der Waals surface area contributed by atoms with Crippen LogP contribution in [0.5, 0.6) is 0 Å². The molecular formula is C10H17N. The number of hydrogen-bond donors (Lipinski definition) is 1. The minimum Gasteiger partial charge on any atom is -0.391 e. The van der Waals surface area contributed by atoms with Gasteiger partial charge in [0, 0.05) is 6.54 Å². The molecule has 1 nitrogen and oxygen atoms in total. The molecule has 0 saturated heterocycles. The molecule has 0 aromatic rings. The maximum atomic E-state index is 3.36. The van der Waals surface area contributed by atoms with Gasteiger partial charge in [0.25, 0.3) is 0 Å². The van der Waals surface area contributed by atoms with Crippen LogP contribution in [0.1, 0.15) is 38.5 Å². The quantitative estimate of drug-likeness (QED) is 0.560. The van der Waals surface area contributed by atoms with Gasteiger partial charge in [-0.3, -0.25) is 0 Å². The van der Waals surface area contributed by atoms with E-state index in [1.807, 2.05) is 0 Å². The van der Waals surface area contributed by atoms with E-state index >= 15 is 0 Å². The van der Waals surface area contributed by atoms with Crippen molar-refractivity contribution < 1.29 is 0 Å². The van der Waals surface area contributed by atoms with Crippen molar-refractivity contribution in [1.29, 1.82) is 0 Å². The largest absolute Gasteiger partial charge is 0.391 e. The molecule has 0 unspecified atom stereocenters. The summed E-state index contributed by atoms with van der Waals surface area (Å²) in [5.74, 6) is 0. The van der Waals surface area contributed by atoms with Crippen LogP contribution >= 0.6 is 0 Å². The Kier molecular flexibility index (Phi) is 1.89. The molecule has 2 aliphatic rings. The van der Waals surface area contributed by atoms with Gasteiger partial charge < -0.3 is 5.32 Å². The van der Waals surface area contributed by atoms with Crippen LogP contribution in [0, 0.1) is 5.41 Å². The zero-order valence-electron chi connectivity index (χ0n) is 7.10. The summed E-state index contributed by atoms with van der Waals surface area (Å²) in [4.78, 5) is 0. The van der Waals surface area contributed by atoms with Crippen molar-refractivity contribution in [2.75, 3.05) is 6.54 Å². The molecule has 1 spiro atoms. The van der Waals surface area contributed by atoms with Gasteiger partial charge in [-0.2, -0.15) is 0 Å². The third-order valence-corrected chi connectivity index (χ3v) is 3.18. The topological polar surface area (TPSA) is 12.0 Å². The van der Waals surface area contributed by atoms with Crippen LogP contribution in [-0.4, -0.2) is 6.54 Å². The lowest BCUT2D eigenvalue weighted by Crippen LogP contribution is -2.36. The van der Waals surface area contributed by atoms with Crippen molar-refractivity contribution in [3.63, 3.8) is 0 Å². The fourth-order valence-corrected chi connectivity index (χ4v) is 2.42. The van der Waals surface area contributed by atoms with E-state index in [2.05, 4.69) is 17.6 Å². The van der Waals surface area contributed by atoms with E-state index in [1.165, 1.54) is 45.1 Å². The molecule has 1 N–H and O–H groups in total. The Balaban J connectivity index is 2.01. The Morgan fingerprint density at radius 3 is 2.55 bits per heavy atom. The summed E-state index contributed by atoms with van der Waals surface area (Å²) >= 11 is 0. The number of nitrogens with one attached hydrogen (secondary N) is 1. The molecule has 1 fully saturated rings. The first-order valence-electron chi connectivity index (χ1n) is 4.80. The minimum atomic E-state index is 0.660. The molecule has 0 amide bonds. The lowest BCUT2D eigenvalue weighted by atomic mass is 9.71. The van der Waals surface area contributed by atoms with E-state index in [9.17, 15) is 0 Å². The Labute approximate surface area is 68.9 Å². The molecule has 1 aliphatic carbocycles. The summed E-state index contributed by atoms with van der Waals surface area (Å²) < 4.78 is 0. The smallest absolute Gasteiger partial charge is 0.0200 e. The van der Waals surface area contributed by atoms with E-state index in [0.29, 0.717) is 5.41 Å². The molecule has 1 saturated carbocycles. The van der Waals surface area contributed by atoms with E-state index in [0.717, 1.165) is 0 Å². The maximum Gasteiger partial charge on any atom is 0.0200 e. The van der Waals surface area contributed by atoms with Gasteiger partial charge >= 0.3 is 0 Å². The van der Waals surface area contributed by atoms with Crippen molar-refractivity contribution >= 4 is 0 Å². The Morgan fingerprint density at radius 1 is 1.09 bits per heavy atom. The summed E-state index contributed by atoms with van der Waals surface area (Å²) in [7, 11) is 0. The second-order valence-electron chi connectivity index (χ2n) is 4.05. The Hall–Kier alpha value is -0.460. The van der Waals surface area contributed by atoms with Crippen molar-refractivity contribution in [2.45, 2.75) is 38.5 Å². The first-order chi connectivity index (χ1) is 5.41. The van der Waals surface area contributed by atoms with Crippen molar-refractivity contribution in [3.8, 4) is 0 Å². The van der Waals surface area contributed by atoms with Gasteiger partial charge in [0.15, 0.2) is 0 Å². The van der Waals surface area contributed by atoms with E-state index in [1.54, 1.807) is 0 Å². The SMILES string of the molecule is C1=CNCC2(C1)CCCCC2. The Bertz CT molecular complexity index is 154. The predicted molar refractivity (Wildman–Crippen MR) is 47.3 cm³/mol. The van der Waals surface area contributed by atoms with Crippen LogP contribution in [0.3, 0.4) is 0 Å². The highest BCUT2D eigenvalue weighted by atomic mass is 14.9. The van der Waals surface area contributed by atoms with Gasteiger partial charge in [-0.15, -0.1) is 0 Å². The van der Waals surface area contributed by atoms with Gasteiger partial charge in [0.2, 0.25) is 0 Å². The van der Waals surface area contributed by atoms with Gasteiger partial charge in [-0.1, -0.05) is 25.3 Å². The molecule has 1 aliphatic heterocycles. The highest BCUT2D eigenvalue weighted by Crippen LogP contribution is 2.39. The van der Waals surface area contributed by atoms with Crippen LogP contribution in [0.2, 0.25) is 0 Å². The van der Waals surface area contributed by atoms with Gasteiger partial charge in [0.1, 0.15) is 0 Å². The average Bonchev–Trinajstić information content (AvgIpc) is 2.07. The second kappa shape index (κ2) is 2.88. The molecule has 0 aromatic heterocycles. The standard InChI is InChI=1S/C10H17N/c1-2-5-10(6-3-1)7-4-8-11-9-10/h4,8,11H,1-3,5-7,9H2. The van der Waals surface area contributed by atoms with E-state index in [-0.39, 0.29) is 0 Å². The first kappa shape index (κ1) is 7.20. The van der Waals surface area contributed by atoms with Crippen LogP contribution < -0.4 is 5.32 Å². The normalized spacial score (nSPS) is 28.4.